The minimum atomic E-state index is -0.368. The normalized spacial score (nSPS) is 19.7. The quantitative estimate of drug-likeness (QED) is 0.906. The summed E-state index contributed by atoms with van der Waals surface area (Å²) in [6.07, 6.45) is 7.22. The Morgan fingerprint density at radius 1 is 1.17 bits per heavy atom. The fraction of sp³-hybridized carbons (Fsp3) is 0.688. The highest BCUT2D eigenvalue weighted by atomic mass is 19.1. The van der Waals surface area contributed by atoms with Crippen LogP contribution in [-0.4, -0.2) is 53.1 Å². The molecule has 0 spiro atoms. The van der Waals surface area contributed by atoms with E-state index in [1.165, 1.54) is 25.6 Å². The van der Waals surface area contributed by atoms with E-state index in [-0.39, 0.29) is 11.8 Å². The van der Waals surface area contributed by atoms with Gasteiger partial charge in [-0.1, -0.05) is 19.3 Å². The minimum absolute atomic E-state index is 0.0101. The van der Waals surface area contributed by atoms with Gasteiger partial charge in [-0.2, -0.15) is 0 Å². The van der Waals surface area contributed by atoms with Gasteiger partial charge in [-0.15, -0.1) is 0 Å². The van der Waals surface area contributed by atoms with Crippen molar-refractivity contribution in [3.05, 3.63) is 17.8 Å². The lowest BCUT2D eigenvalue weighted by Gasteiger charge is -2.36. The molecule has 7 heteroatoms. The van der Waals surface area contributed by atoms with Gasteiger partial charge in [0.15, 0.2) is 11.6 Å². The van der Waals surface area contributed by atoms with E-state index in [0.29, 0.717) is 43.7 Å². The summed E-state index contributed by atoms with van der Waals surface area (Å²) in [7, 11) is 0. The van der Waals surface area contributed by atoms with Crippen LogP contribution in [0.25, 0.3) is 0 Å². The number of aromatic nitrogens is 2. The lowest BCUT2D eigenvalue weighted by atomic mass is 9.96. The topological polar surface area (TPSA) is 61.4 Å². The van der Waals surface area contributed by atoms with E-state index < -0.39 is 0 Å². The molecule has 23 heavy (non-hydrogen) atoms. The van der Waals surface area contributed by atoms with Crippen LogP contribution in [0.1, 0.15) is 37.8 Å². The second-order valence-corrected chi connectivity index (χ2v) is 6.36. The Labute approximate surface area is 136 Å². The van der Waals surface area contributed by atoms with Crippen molar-refractivity contribution in [2.24, 2.45) is 0 Å². The van der Waals surface area contributed by atoms with Gasteiger partial charge >= 0.3 is 6.03 Å². The van der Waals surface area contributed by atoms with Crippen molar-refractivity contribution < 1.29 is 9.18 Å². The van der Waals surface area contributed by atoms with Crippen molar-refractivity contribution in [3.63, 3.8) is 0 Å². The van der Waals surface area contributed by atoms with E-state index in [0.717, 1.165) is 12.8 Å². The molecule has 1 saturated heterocycles. The first-order valence-electron chi connectivity index (χ1n) is 8.42. The summed E-state index contributed by atoms with van der Waals surface area (Å²) < 4.78 is 14.1. The van der Waals surface area contributed by atoms with E-state index in [4.69, 9.17) is 0 Å². The Hall–Kier alpha value is -1.92. The maximum atomic E-state index is 14.1. The molecule has 6 nitrogen and oxygen atoms in total. The molecule has 2 aliphatic rings. The SMILES string of the molecule is Cc1ncnc(N2CCN(C(=O)NC3CCCCC3)CC2)c1F. The van der Waals surface area contributed by atoms with Gasteiger partial charge < -0.3 is 15.1 Å². The predicted octanol–water partition coefficient (Wildman–Crippen LogP) is 2.09. The second-order valence-electron chi connectivity index (χ2n) is 6.36. The van der Waals surface area contributed by atoms with Crippen molar-refractivity contribution in [2.45, 2.75) is 45.1 Å². The molecule has 0 unspecified atom stereocenters. The largest absolute Gasteiger partial charge is 0.351 e. The molecule has 1 aliphatic heterocycles. The maximum Gasteiger partial charge on any atom is 0.317 e. The van der Waals surface area contributed by atoms with Crippen LogP contribution in [0.15, 0.2) is 6.33 Å². The molecule has 0 aromatic carbocycles. The number of aryl methyl sites for hydroxylation is 1. The van der Waals surface area contributed by atoms with Gasteiger partial charge in [0, 0.05) is 32.2 Å². The van der Waals surface area contributed by atoms with Crippen molar-refractivity contribution >= 4 is 11.8 Å². The fourth-order valence-corrected chi connectivity index (χ4v) is 3.30. The Bertz CT molecular complexity index is 553. The first kappa shape index (κ1) is 16.0. The van der Waals surface area contributed by atoms with Crippen molar-refractivity contribution in [3.8, 4) is 0 Å². The smallest absolute Gasteiger partial charge is 0.317 e. The van der Waals surface area contributed by atoms with Crippen LogP contribution in [0.2, 0.25) is 0 Å². The number of nitrogens with one attached hydrogen (secondary N) is 1. The summed E-state index contributed by atoms with van der Waals surface area (Å²) in [6, 6.07) is 0.326. The van der Waals surface area contributed by atoms with Gasteiger partial charge in [-0.05, 0) is 19.8 Å². The molecule has 0 radical (unpaired) electrons. The summed E-state index contributed by atoms with van der Waals surface area (Å²) >= 11 is 0. The number of halogens is 1. The van der Waals surface area contributed by atoms with Crippen LogP contribution in [0, 0.1) is 12.7 Å². The van der Waals surface area contributed by atoms with Gasteiger partial charge in [0.2, 0.25) is 0 Å². The zero-order valence-electron chi connectivity index (χ0n) is 13.6. The summed E-state index contributed by atoms with van der Waals surface area (Å²) in [6.45, 7) is 3.98. The molecule has 3 rings (SSSR count). The van der Waals surface area contributed by atoms with Crippen molar-refractivity contribution in [2.75, 3.05) is 31.1 Å². The van der Waals surface area contributed by atoms with Crippen LogP contribution in [0.3, 0.4) is 0 Å². The number of rotatable bonds is 2. The first-order chi connectivity index (χ1) is 11.1. The average molecular weight is 321 g/mol. The number of nitrogens with zero attached hydrogens (tertiary/aromatic N) is 4. The molecule has 126 valence electrons. The zero-order valence-corrected chi connectivity index (χ0v) is 13.6. The third-order valence-electron chi connectivity index (χ3n) is 4.74. The zero-order chi connectivity index (χ0) is 16.2. The van der Waals surface area contributed by atoms with E-state index in [9.17, 15) is 9.18 Å². The van der Waals surface area contributed by atoms with Crippen LogP contribution in [0.5, 0.6) is 0 Å². The molecule has 1 aliphatic carbocycles. The molecule has 2 heterocycles. The van der Waals surface area contributed by atoms with Crippen LogP contribution in [-0.2, 0) is 0 Å². The lowest BCUT2D eigenvalue weighted by molar-refractivity contribution is 0.186. The molecular formula is C16H24FN5O. The summed E-state index contributed by atoms with van der Waals surface area (Å²) in [5.74, 6) is -0.0301. The van der Waals surface area contributed by atoms with E-state index in [1.807, 2.05) is 9.80 Å². The van der Waals surface area contributed by atoms with Gasteiger partial charge in [-0.25, -0.2) is 19.2 Å². The molecule has 1 saturated carbocycles. The number of piperazine rings is 1. The first-order valence-corrected chi connectivity index (χ1v) is 8.42. The molecule has 0 bridgehead atoms. The van der Waals surface area contributed by atoms with Crippen LogP contribution >= 0.6 is 0 Å². The van der Waals surface area contributed by atoms with E-state index in [2.05, 4.69) is 15.3 Å². The van der Waals surface area contributed by atoms with Gasteiger partial charge in [0.05, 0.1) is 5.69 Å². The Balaban J connectivity index is 1.53. The van der Waals surface area contributed by atoms with Gasteiger partial charge in [-0.3, -0.25) is 0 Å². The highest BCUT2D eigenvalue weighted by Gasteiger charge is 2.26. The Morgan fingerprint density at radius 2 is 1.87 bits per heavy atom. The third kappa shape index (κ3) is 3.71. The standard InChI is InChI=1S/C16H24FN5O/c1-12-14(17)15(19-11-18-12)21-7-9-22(10-8-21)16(23)20-13-5-3-2-4-6-13/h11,13H,2-10H2,1H3,(H,20,23). The van der Waals surface area contributed by atoms with Crippen molar-refractivity contribution in [1.82, 2.24) is 20.2 Å². The number of anilines is 1. The van der Waals surface area contributed by atoms with Crippen LogP contribution < -0.4 is 10.2 Å². The molecule has 1 aromatic rings. The molecule has 2 amide bonds. The van der Waals surface area contributed by atoms with E-state index in [1.54, 1.807) is 6.92 Å². The van der Waals surface area contributed by atoms with Crippen LogP contribution in [0.4, 0.5) is 15.0 Å². The number of hydrogen-bond donors (Lipinski definition) is 1. The Kier molecular flexibility index (Phi) is 4.93. The summed E-state index contributed by atoms with van der Waals surface area (Å²) in [4.78, 5) is 23.9. The Morgan fingerprint density at radius 3 is 2.57 bits per heavy atom. The monoisotopic (exact) mass is 321 g/mol. The highest BCUT2D eigenvalue weighted by molar-refractivity contribution is 5.74. The number of urea groups is 1. The van der Waals surface area contributed by atoms with E-state index >= 15 is 0 Å². The summed E-state index contributed by atoms with van der Waals surface area (Å²) in [5, 5.41) is 3.13. The minimum Gasteiger partial charge on any atom is -0.351 e. The average Bonchev–Trinajstić information content (AvgIpc) is 2.58. The molecular weight excluding hydrogens is 297 g/mol. The molecule has 1 N–H and O–H groups in total. The maximum absolute atomic E-state index is 14.1. The fourth-order valence-electron chi connectivity index (χ4n) is 3.30. The highest BCUT2D eigenvalue weighted by Crippen LogP contribution is 2.20. The second kappa shape index (κ2) is 7.10. The summed E-state index contributed by atoms with van der Waals surface area (Å²) in [5.41, 5.74) is 0.354. The molecule has 2 fully saturated rings. The number of carbonyl (C=O) groups excluding carboxylic acids is 1. The van der Waals surface area contributed by atoms with Crippen molar-refractivity contribution in [1.29, 1.82) is 0 Å². The third-order valence-corrected chi connectivity index (χ3v) is 4.74. The van der Waals surface area contributed by atoms with Gasteiger partial charge in [0.25, 0.3) is 0 Å². The van der Waals surface area contributed by atoms with Gasteiger partial charge in [0.1, 0.15) is 6.33 Å². The molecule has 1 aromatic heterocycles. The number of carbonyl (C=O) groups is 1. The predicted molar refractivity (Wildman–Crippen MR) is 85.9 cm³/mol. The lowest BCUT2D eigenvalue weighted by Crippen LogP contribution is -2.54. The number of hydrogen-bond acceptors (Lipinski definition) is 4. The number of amides is 2. The molecule has 0 atom stereocenters.